The highest BCUT2D eigenvalue weighted by molar-refractivity contribution is 5.78. The highest BCUT2D eigenvalue weighted by Crippen LogP contribution is 2.43. The second-order valence-electron chi connectivity index (χ2n) is 13.4. The van der Waals surface area contributed by atoms with E-state index in [1.54, 1.807) is 45.0 Å². The Labute approximate surface area is 288 Å². The number of esters is 2. The summed E-state index contributed by atoms with van der Waals surface area (Å²) >= 11 is 0. The highest BCUT2D eigenvalue weighted by Gasteiger charge is 2.56. The van der Waals surface area contributed by atoms with Gasteiger partial charge in [-0.2, -0.15) is 8.78 Å². The summed E-state index contributed by atoms with van der Waals surface area (Å²) < 4.78 is 84.2. The lowest BCUT2D eigenvalue weighted by Crippen LogP contribution is -2.65. The van der Waals surface area contributed by atoms with E-state index in [0.29, 0.717) is 24.7 Å². The molecule has 0 spiro atoms. The van der Waals surface area contributed by atoms with Gasteiger partial charge in [0, 0.05) is 24.7 Å². The van der Waals surface area contributed by atoms with Gasteiger partial charge >= 0.3 is 24.1 Å². The number of amides is 1. The number of halogens is 4. The number of carbonyl (C=O) groups excluding carboxylic acids is 2. The van der Waals surface area contributed by atoms with E-state index < -0.39 is 70.7 Å². The van der Waals surface area contributed by atoms with Gasteiger partial charge < -0.3 is 28.8 Å². The molecule has 1 saturated heterocycles. The van der Waals surface area contributed by atoms with Crippen molar-refractivity contribution in [1.82, 2.24) is 10.2 Å². The smallest absolute Gasteiger partial charge is 0.497 e. The lowest BCUT2D eigenvalue weighted by molar-refractivity contribution is -0.217. The molecule has 2 aliphatic rings. The molecule has 1 aliphatic heterocycles. The van der Waals surface area contributed by atoms with Crippen molar-refractivity contribution in [3.63, 3.8) is 0 Å². The van der Waals surface area contributed by atoms with E-state index in [1.807, 2.05) is 0 Å². The number of carboxylic acid groups (broad SMARTS) is 1. The van der Waals surface area contributed by atoms with E-state index in [1.165, 1.54) is 14.0 Å². The van der Waals surface area contributed by atoms with Crippen LogP contribution in [-0.4, -0.2) is 78.4 Å². The summed E-state index contributed by atoms with van der Waals surface area (Å²) in [6.45, 7) is 6.09. The summed E-state index contributed by atoms with van der Waals surface area (Å²) in [5, 5.41) is 13.6. The van der Waals surface area contributed by atoms with Crippen LogP contribution in [-0.2, 0) is 30.3 Å². The molecule has 2 unspecified atom stereocenters. The van der Waals surface area contributed by atoms with Crippen LogP contribution in [0.2, 0.25) is 0 Å². The molecular weight excluding hydrogens is 668 g/mol. The number of nitrogens with one attached hydrogen (secondary N) is 1. The van der Waals surface area contributed by atoms with Crippen LogP contribution in [0.3, 0.4) is 0 Å². The van der Waals surface area contributed by atoms with Gasteiger partial charge in [-0.25, -0.2) is 18.4 Å². The maximum atomic E-state index is 14.8. The number of rotatable bonds is 13. The predicted molar refractivity (Wildman–Crippen MR) is 171 cm³/mol. The molecule has 1 saturated carbocycles. The molecule has 0 radical (unpaired) electrons. The van der Waals surface area contributed by atoms with Crippen LogP contribution < -0.4 is 14.8 Å². The zero-order valence-corrected chi connectivity index (χ0v) is 28.7. The van der Waals surface area contributed by atoms with Crippen LogP contribution in [0.25, 0.3) is 0 Å². The maximum Gasteiger partial charge on any atom is 0.502 e. The van der Waals surface area contributed by atoms with Crippen molar-refractivity contribution in [3.8, 4) is 11.5 Å². The third-order valence-electron chi connectivity index (χ3n) is 8.81. The van der Waals surface area contributed by atoms with Crippen LogP contribution in [0.15, 0.2) is 36.4 Å². The van der Waals surface area contributed by atoms with Gasteiger partial charge in [0.25, 0.3) is 0 Å². The standard InChI is InChI=1S/C35H44F4N2O9/c1-6-47-31(43)35(38,39)49-29-26(17-23(36)18-28(29)37)22-9-13-25(14-10-22)48-20-34(40-19-21-7-11-24(46-5)12-8-21)27(15-16-41(34)32(44)45)30(42)50-33(2,3)4/h7-8,11-12,17-18,22,25,27,40H,6,9-10,13-16,19-20H2,1-5H3,(H,44,45). The van der Waals surface area contributed by atoms with E-state index >= 15 is 0 Å². The number of hydrogen-bond acceptors (Lipinski definition) is 9. The van der Waals surface area contributed by atoms with Crippen LogP contribution in [0, 0.1) is 17.6 Å². The summed E-state index contributed by atoms with van der Waals surface area (Å²) in [4.78, 5) is 39.0. The fraction of sp³-hybridized carbons (Fsp3) is 0.571. The highest BCUT2D eigenvalue weighted by atomic mass is 19.3. The molecule has 276 valence electrons. The Kier molecular flexibility index (Phi) is 12.3. The summed E-state index contributed by atoms with van der Waals surface area (Å²) in [5.74, 6) is -6.86. The molecule has 2 aromatic carbocycles. The molecule has 1 aliphatic carbocycles. The van der Waals surface area contributed by atoms with E-state index in [-0.39, 0.29) is 51.1 Å². The summed E-state index contributed by atoms with van der Waals surface area (Å²) in [7, 11) is 1.54. The zero-order valence-electron chi connectivity index (χ0n) is 28.7. The number of hydrogen-bond donors (Lipinski definition) is 2. The first-order chi connectivity index (χ1) is 23.5. The Hall–Kier alpha value is -4.11. The Bertz CT molecular complexity index is 1510. The summed E-state index contributed by atoms with van der Waals surface area (Å²) in [6, 6.07) is 8.42. The Morgan fingerprint density at radius 3 is 2.26 bits per heavy atom. The van der Waals surface area contributed by atoms with Gasteiger partial charge in [-0.3, -0.25) is 15.0 Å². The molecule has 2 atom stereocenters. The van der Waals surface area contributed by atoms with Gasteiger partial charge in [-0.1, -0.05) is 12.1 Å². The van der Waals surface area contributed by atoms with Gasteiger partial charge in [0.1, 0.15) is 22.8 Å². The monoisotopic (exact) mass is 712 g/mol. The quantitative estimate of drug-likeness (QED) is 0.178. The number of ether oxygens (including phenoxy) is 5. The summed E-state index contributed by atoms with van der Waals surface area (Å²) in [6.07, 6.45) is -5.00. The number of benzene rings is 2. The normalized spacial score (nSPS) is 22.6. The largest absolute Gasteiger partial charge is 0.502 e. The van der Waals surface area contributed by atoms with E-state index in [9.17, 15) is 37.1 Å². The lowest BCUT2D eigenvalue weighted by atomic mass is 9.82. The Morgan fingerprint density at radius 1 is 1.02 bits per heavy atom. The molecule has 4 rings (SSSR count). The Morgan fingerprint density at radius 2 is 1.68 bits per heavy atom. The number of carbonyl (C=O) groups is 3. The van der Waals surface area contributed by atoms with Crippen molar-refractivity contribution in [1.29, 1.82) is 0 Å². The van der Waals surface area contributed by atoms with Crippen molar-refractivity contribution in [2.75, 3.05) is 26.9 Å². The number of likely N-dealkylation sites (tertiary alicyclic amines) is 1. The minimum absolute atomic E-state index is 0.0370. The molecule has 0 aromatic heterocycles. The molecule has 15 heteroatoms. The van der Waals surface area contributed by atoms with Gasteiger partial charge in [-0.15, -0.1) is 0 Å². The second-order valence-corrected chi connectivity index (χ2v) is 13.4. The molecule has 11 nitrogen and oxygen atoms in total. The molecule has 2 fully saturated rings. The van der Waals surface area contributed by atoms with Crippen molar-refractivity contribution in [2.45, 2.75) is 95.7 Å². The van der Waals surface area contributed by atoms with E-state index in [0.717, 1.165) is 16.5 Å². The second kappa shape index (κ2) is 15.8. The maximum absolute atomic E-state index is 14.8. The average Bonchev–Trinajstić information content (AvgIpc) is 3.44. The zero-order chi connectivity index (χ0) is 36.9. The van der Waals surface area contributed by atoms with Crippen LogP contribution in [0.5, 0.6) is 11.5 Å². The van der Waals surface area contributed by atoms with Gasteiger partial charge in [0.2, 0.25) is 0 Å². The first kappa shape index (κ1) is 38.7. The molecule has 2 aromatic rings. The number of nitrogens with zero attached hydrogens (tertiary/aromatic N) is 1. The molecule has 2 N–H and O–H groups in total. The fourth-order valence-corrected chi connectivity index (χ4v) is 6.44. The molecule has 1 heterocycles. The van der Waals surface area contributed by atoms with Crippen molar-refractivity contribution in [3.05, 3.63) is 59.2 Å². The summed E-state index contributed by atoms with van der Waals surface area (Å²) in [5.41, 5.74) is -1.73. The van der Waals surface area contributed by atoms with Crippen molar-refractivity contribution >= 4 is 18.0 Å². The third kappa shape index (κ3) is 9.16. The van der Waals surface area contributed by atoms with E-state index in [2.05, 4.69) is 14.8 Å². The van der Waals surface area contributed by atoms with Gasteiger partial charge in [0.05, 0.1) is 32.3 Å². The predicted octanol–water partition coefficient (Wildman–Crippen LogP) is 6.38. The first-order valence-corrected chi connectivity index (χ1v) is 16.5. The minimum atomic E-state index is -4.52. The SMILES string of the molecule is CCOC(=O)C(F)(F)Oc1c(F)cc(F)cc1C1CCC(OCC2(NCc3ccc(OC)cc3)C(C(=O)OC(C)(C)C)CCN2C(=O)O)CC1. The fourth-order valence-electron chi connectivity index (χ4n) is 6.44. The topological polar surface area (TPSA) is 133 Å². The van der Waals surface area contributed by atoms with Crippen molar-refractivity contribution in [2.24, 2.45) is 5.92 Å². The van der Waals surface area contributed by atoms with Crippen LogP contribution in [0.4, 0.5) is 22.4 Å². The Balaban J connectivity index is 1.55. The average molecular weight is 713 g/mol. The molecular formula is C35H44F4N2O9. The third-order valence-corrected chi connectivity index (χ3v) is 8.81. The number of alkyl halides is 2. The molecule has 50 heavy (non-hydrogen) atoms. The van der Waals surface area contributed by atoms with Crippen LogP contribution in [0.1, 0.15) is 76.8 Å². The molecule has 1 amide bonds. The van der Waals surface area contributed by atoms with Crippen LogP contribution >= 0.6 is 0 Å². The van der Waals surface area contributed by atoms with E-state index in [4.69, 9.17) is 14.2 Å². The van der Waals surface area contributed by atoms with Gasteiger partial charge in [-0.05, 0) is 89.5 Å². The lowest BCUT2D eigenvalue weighted by Gasteiger charge is -2.42. The first-order valence-electron chi connectivity index (χ1n) is 16.5. The van der Waals surface area contributed by atoms with Gasteiger partial charge in [0.15, 0.2) is 11.6 Å². The minimum Gasteiger partial charge on any atom is -0.497 e. The molecule has 0 bridgehead atoms. The number of methoxy groups -OCH3 is 1. The van der Waals surface area contributed by atoms with Crippen molar-refractivity contribution < 1.29 is 60.7 Å².